The minimum Gasteiger partial charge on any atom is -0.293 e. The molecule has 0 N–H and O–H groups in total. The topological polar surface area (TPSA) is 53.8 Å². The lowest BCUT2D eigenvalue weighted by Gasteiger charge is -2.08. The highest BCUT2D eigenvalue weighted by Crippen LogP contribution is 2.28. The minimum absolute atomic E-state index is 0.0821. The highest BCUT2D eigenvalue weighted by atomic mass is 32.2. The molecule has 1 aromatic heterocycles. The standard InChI is InChI=1S/C19H18N2OS/c1-12-6-7-16(13(2)8-12)18(22)11-23-19-15(10-20)9-14-4-3-5-17(14)21-19/h6-9H,3-5,11H2,1-2H3. The molecule has 0 fully saturated rings. The number of hydrogen-bond donors (Lipinski definition) is 0. The Bertz CT molecular complexity index is 821. The van der Waals surface area contributed by atoms with E-state index < -0.39 is 0 Å². The molecule has 116 valence electrons. The fraction of sp³-hybridized carbons (Fsp3) is 0.316. The highest BCUT2D eigenvalue weighted by molar-refractivity contribution is 8.00. The molecule has 2 aromatic rings. The van der Waals surface area contributed by atoms with Gasteiger partial charge < -0.3 is 0 Å². The van der Waals surface area contributed by atoms with Crippen LogP contribution in [0.4, 0.5) is 0 Å². The Kier molecular flexibility index (Phi) is 4.49. The van der Waals surface area contributed by atoms with Crippen molar-refractivity contribution in [3.8, 4) is 6.07 Å². The maximum atomic E-state index is 12.5. The zero-order valence-electron chi connectivity index (χ0n) is 13.3. The third-order valence-electron chi connectivity index (χ3n) is 4.16. The zero-order valence-corrected chi connectivity index (χ0v) is 14.2. The predicted octanol–water partition coefficient (Wildman–Crippen LogP) is 4.03. The van der Waals surface area contributed by atoms with Crippen LogP contribution in [0.25, 0.3) is 0 Å². The van der Waals surface area contributed by atoms with Gasteiger partial charge in [-0.05, 0) is 50.3 Å². The summed E-state index contributed by atoms with van der Waals surface area (Å²) in [5.41, 5.74) is 5.76. The molecule has 0 spiro atoms. The first-order valence-corrected chi connectivity index (χ1v) is 8.73. The van der Waals surface area contributed by atoms with Crippen molar-refractivity contribution in [3.63, 3.8) is 0 Å². The molecule has 0 radical (unpaired) electrons. The van der Waals surface area contributed by atoms with Crippen molar-refractivity contribution < 1.29 is 4.79 Å². The van der Waals surface area contributed by atoms with Crippen molar-refractivity contribution in [1.82, 2.24) is 4.98 Å². The minimum atomic E-state index is 0.0821. The van der Waals surface area contributed by atoms with Gasteiger partial charge in [0.15, 0.2) is 5.78 Å². The van der Waals surface area contributed by atoms with Gasteiger partial charge in [0.25, 0.3) is 0 Å². The number of hydrogen-bond acceptors (Lipinski definition) is 4. The van der Waals surface area contributed by atoms with Crippen LogP contribution in [0.2, 0.25) is 0 Å². The monoisotopic (exact) mass is 322 g/mol. The van der Waals surface area contributed by atoms with Gasteiger partial charge in [-0.1, -0.05) is 35.5 Å². The number of Topliss-reactive ketones (excluding diaryl/α,β-unsaturated/α-hetero) is 1. The molecule has 4 heteroatoms. The number of carbonyl (C=O) groups is 1. The molecular weight excluding hydrogens is 304 g/mol. The lowest BCUT2D eigenvalue weighted by molar-refractivity contribution is 0.102. The van der Waals surface area contributed by atoms with Gasteiger partial charge in [0.05, 0.1) is 11.3 Å². The Hall–Kier alpha value is -2.12. The van der Waals surface area contributed by atoms with Gasteiger partial charge in [-0.25, -0.2) is 4.98 Å². The number of fused-ring (bicyclic) bond motifs is 1. The smallest absolute Gasteiger partial charge is 0.173 e. The number of nitriles is 1. The predicted molar refractivity (Wildman–Crippen MR) is 91.9 cm³/mol. The largest absolute Gasteiger partial charge is 0.293 e. The van der Waals surface area contributed by atoms with Crippen LogP contribution < -0.4 is 0 Å². The van der Waals surface area contributed by atoms with Crippen molar-refractivity contribution in [1.29, 1.82) is 5.26 Å². The lowest BCUT2D eigenvalue weighted by Crippen LogP contribution is -2.06. The summed E-state index contributed by atoms with van der Waals surface area (Å²) in [7, 11) is 0. The van der Waals surface area contributed by atoms with Crippen LogP contribution in [0.5, 0.6) is 0 Å². The van der Waals surface area contributed by atoms with Gasteiger partial charge in [-0.2, -0.15) is 5.26 Å². The molecule has 1 heterocycles. The number of rotatable bonds is 4. The summed E-state index contributed by atoms with van der Waals surface area (Å²) in [5, 5.41) is 10.0. The summed E-state index contributed by atoms with van der Waals surface area (Å²) < 4.78 is 0. The third-order valence-corrected chi connectivity index (χ3v) is 5.15. The lowest BCUT2D eigenvalue weighted by atomic mass is 10.0. The molecule has 0 unspecified atom stereocenters. The molecule has 23 heavy (non-hydrogen) atoms. The van der Waals surface area contributed by atoms with Gasteiger partial charge in [0, 0.05) is 11.3 Å². The number of aromatic nitrogens is 1. The molecule has 0 amide bonds. The van der Waals surface area contributed by atoms with E-state index in [0.717, 1.165) is 41.6 Å². The fourth-order valence-corrected chi connectivity index (χ4v) is 3.84. The van der Waals surface area contributed by atoms with E-state index in [-0.39, 0.29) is 5.78 Å². The Labute approximate surface area is 140 Å². The Balaban J connectivity index is 1.78. The molecule has 0 aliphatic heterocycles. The molecule has 0 saturated carbocycles. The van der Waals surface area contributed by atoms with E-state index in [2.05, 4.69) is 11.1 Å². The summed E-state index contributed by atoms with van der Waals surface area (Å²) in [6.45, 7) is 3.98. The second kappa shape index (κ2) is 6.55. The van der Waals surface area contributed by atoms with Crippen LogP contribution in [0.1, 0.15) is 44.7 Å². The van der Waals surface area contributed by atoms with E-state index in [9.17, 15) is 10.1 Å². The van der Waals surface area contributed by atoms with E-state index in [4.69, 9.17) is 0 Å². The average Bonchev–Trinajstić information content (AvgIpc) is 2.98. The SMILES string of the molecule is Cc1ccc(C(=O)CSc2nc3c(cc2C#N)CCC3)c(C)c1. The number of pyridine rings is 1. The van der Waals surface area contributed by atoms with Crippen LogP contribution in [0.15, 0.2) is 29.3 Å². The summed E-state index contributed by atoms with van der Waals surface area (Å²) in [4.78, 5) is 17.1. The van der Waals surface area contributed by atoms with Gasteiger partial charge in [0.1, 0.15) is 11.1 Å². The zero-order chi connectivity index (χ0) is 16.4. The molecule has 1 aliphatic carbocycles. The molecule has 1 aromatic carbocycles. The van der Waals surface area contributed by atoms with Crippen LogP contribution in [-0.4, -0.2) is 16.5 Å². The van der Waals surface area contributed by atoms with E-state index in [0.29, 0.717) is 16.3 Å². The number of carbonyl (C=O) groups excluding carboxylic acids is 1. The number of thioether (sulfide) groups is 1. The van der Waals surface area contributed by atoms with E-state index >= 15 is 0 Å². The number of aryl methyl sites for hydroxylation is 4. The first-order chi connectivity index (χ1) is 11.1. The van der Waals surface area contributed by atoms with Crippen LogP contribution >= 0.6 is 11.8 Å². The van der Waals surface area contributed by atoms with Crippen LogP contribution in [0.3, 0.4) is 0 Å². The number of benzene rings is 1. The second-order valence-electron chi connectivity index (χ2n) is 5.94. The van der Waals surface area contributed by atoms with Crippen LogP contribution in [-0.2, 0) is 12.8 Å². The van der Waals surface area contributed by atoms with Gasteiger partial charge in [0.2, 0.25) is 0 Å². The van der Waals surface area contributed by atoms with Crippen LogP contribution in [0, 0.1) is 25.2 Å². The molecular formula is C19H18N2OS. The molecule has 0 saturated heterocycles. The van der Waals surface area contributed by atoms with Crippen molar-refractivity contribution in [3.05, 3.63) is 57.8 Å². The maximum absolute atomic E-state index is 12.5. The molecule has 3 rings (SSSR count). The molecule has 0 atom stereocenters. The number of nitrogens with zero attached hydrogens (tertiary/aromatic N) is 2. The van der Waals surface area contributed by atoms with E-state index in [1.165, 1.54) is 17.3 Å². The molecule has 0 bridgehead atoms. The first kappa shape index (κ1) is 15.8. The number of ketones is 1. The normalized spacial score (nSPS) is 12.7. The second-order valence-corrected chi connectivity index (χ2v) is 6.91. The Morgan fingerprint density at radius 1 is 1.30 bits per heavy atom. The summed E-state index contributed by atoms with van der Waals surface area (Å²) in [5.74, 6) is 0.392. The molecule has 1 aliphatic rings. The van der Waals surface area contributed by atoms with Crippen molar-refractivity contribution in [2.75, 3.05) is 5.75 Å². The third kappa shape index (κ3) is 3.30. The van der Waals surface area contributed by atoms with Gasteiger partial charge >= 0.3 is 0 Å². The highest BCUT2D eigenvalue weighted by Gasteiger charge is 2.18. The quantitative estimate of drug-likeness (QED) is 0.630. The first-order valence-electron chi connectivity index (χ1n) is 7.74. The summed E-state index contributed by atoms with van der Waals surface area (Å²) in [6, 6.07) is 10.0. The van der Waals surface area contributed by atoms with Crippen molar-refractivity contribution >= 4 is 17.5 Å². The average molecular weight is 322 g/mol. The summed E-state index contributed by atoms with van der Waals surface area (Å²) >= 11 is 1.37. The van der Waals surface area contributed by atoms with Crippen molar-refractivity contribution in [2.45, 2.75) is 38.1 Å². The Morgan fingerprint density at radius 3 is 2.87 bits per heavy atom. The van der Waals surface area contributed by atoms with Gasteiger partial charge in [-0.15, -0.1) is 0 Å². The fourth-order valence-electron chi connectivity index (χ4n) is 2.98. The summed E-state index contributed by atoms with van der Waals surface area (Å²) in [6.07, 6.45) is 3.08. The van der Waals surface area contributed by atoms with Crippen molar-refractivity contribution in [2.24, 2.45) is 0 Å². The Morgan fingerprint density at radius 2 is 2.13 bits per heavy atom. The maximum Gasteiger partial charge on any atom is 0.173 e. The van der Waals surface area contributed by atoms with Gasteiger partial charge in [-0.3, -0.25) is 4.79 Å². The van der Waals surface area contributed by atoms with E-state index in [1.54, 1.807) is 0 Å². The van der Waals surface area contributed by atoms with E-state index in [1.807, 2.05) is 38.1 Å². The molecule has 3 nitrogen and oxygen atoms in total.